The van der Waals surface area contributed by atoms with Gasteiger partial charge < -0.3 is 5.32 Å². The first kappa shape index (κ1) is 10.6. The van der Waals surface area contributed by atoms with E-state index in [4.69, 9.17) is 0 Å². The third kappa shape index (κ3) is 1.88. The van der Waals surface area contributed by atoms with Crippen molar-refractivity contribution in [3.05, 3.63) is 29.6 Å². The van der Waals surface area contributed by atoms with Crippen molar-refractivity contribution < 1.29 is 14.0 Å². The zero-order chi connectivity index (χ0) is 11.7. The predicted molar refractivity (Wildman–Crippen MR) is 56.5 cm³/mol. The van der Waals surface area contributed by atoms with Crippen molar-refractivity contribution in [2.24, 2.45) is 0 Å². The van der Waals surface area contributed by atoms with E-state index in [1.54, 1.807) is 19.1 Å². The van der Waals surface area contributed by atoms with E-state index >= 15 is 0 Å². The van der Waals surface area contributed by atoms with Crippen LogP contribution >= 0.6 is 0 Å². The normalized spacial score (nSPS) is 16.2. The Morgan fingerprint density at radius 2 is 2.12 bits per heavy atom. The zero-order valence-electron chi connectivity index (χ0n) is 8.79. The van der Waals surface area contributed by atoms with Gasteiger partial charge in [0, 0.05) is 0 Å². The van der Waals surface area contributed by atoms with Crippen LogP contribution in [0.25, 0.3) is 0 Å². The number of hydrogen-bond acceptors (Lipinski definition) is 2. The third-order valence-electron chi connectivity index (χ3n) is 2.43. The number of nitrogens with one attached hydrogen (secondary N) is 1. The van der Waals surface area contributed by atoms with E-state index in [2.05, 4.69) is 5.32 Å². The lowest BCUT2D eigenvalue weighted by atomic mass is 10.2. The first-order chi connectivity index (χ1) is 7.58. The lowest BCUT2D eigenvalue weighted by Gasteiger charge is -2.27. The fraction of sp³-hybridized carbons (Fsp3) is 0.273. The summed E-state index contributed by atoms with van der Waals surface area (Å²) in [5.41, 5.74) is 1.01. The molecule has 1 aliphatic rings. The molecule has 84 valence electrons. The van der Waals surface area contributed by atoms with Gasteiger partial charge in [0.05, 0.1) is 12.2 Å². The SMILES string of the molecule is Cc1ccc(F)c(N2CC(=O)NCC2=O)c1. The molecular weight excluding hydrogens is 211 g/mol. The molecule has 1 aliphatic heterocycles. The summed E-state index contributed by atoms with van der Waals surface area (Å²) < 4.78 is 13.5. The van der Waals surface area contributed by atoms with E-state index < -0.39 is 5.82 Å². The molecule has 0 radical (unpaired) electrons. The van der Waals surface area contributed by atoms with E-state index in [0.29, 0.717) is 0 Å². The summed E-state index contributed by atoms with van der Waals surface area (Å²) in [6, 6.07) is 4.48. The number of anilines is 1. The highest BCUT2D eigenvalue weighted by Crippen LogP contribution is 2.21. The summed E-state index contributed by atoms with van der Waals surface area (Å²) in [5, 5.41) is 2.41. The quantitative estimate of drug-likeness (QED) is 0.756. The van der Waals surface area contributed by atoms with Crippen molar-refractivity contribution in [2.75, 3.05) is 18.0 Å². The topological polar surface area (TPSA) is 49.4 Å². The Balaban J connectivity index is 2.38. The summed E-state index contributed by atoms with van der Waals surface area (Å²) in [6.45, 7) is 1.60. The molecule has 4 nitrogen and oxygen atoms in total. The van der Waals surface area contributed by atoms with Gasteiger partial charge in [-0.15, -0.1) is 0 Å². The maximum atomic E-state index is 13.5. The first-order valence-corrected chi connectivity index (χ1v) is 4.91. The average molecular weight is 222 g/mol. The van der Waals surface area contributed by atoms with E-state index in [9.17, 15) is 14.0 Å². The van der Waals surface area contributed by atoms with Crippen molar-refractivity contribution in [3.63, 3.8) is 0 Å². The summed E-state index contributed by atoms with van der Waals surface area (Å²) in [5.74, 6) is -1.07. The molecule has 0 spiro atoms. The van der Waals surface area contributed by atoms with Crippen molar-refractivity contribution in [1.82, 2.24) is 5.32 Å². The second-order valence-corrected chi connectivity index (χ2v) is 3.71. The fourth-order valence-electron chi connectivity index (χ4n) is 1.61. The predicted octanol–water partition coefficient (Wildman–Crippen LogP) is 0.597. The molecule has 1 aromatic carbocycles. The summed E-state index contributed by atoms with van der Waals surface area (Å²) in [4.78, 5) is 23.9. The van der Waals surface area contributed by atoms with Crippen LogP contribution in [0, 0.1) is 12.7 Å². The number of carbonyl (C=O) groups excluding carboxylic acids is 2. The lowest BCUT2D eigenvalue weighted by molar-refractivity contribution is -0.128. The molecule has 1 saturated heterocycles. The van der Waals surface area contributed by atoms with Crippen LogP contribution in [0.3, 0.4) is 0 Å². The van der Waals surface area contributed by atoms with Crippen LogP contribution in [0.2, 0.25) is 0 Å². The molecule has 0 saturated carbocycles. The van der Waals surface area contributed by atoms with Crippen LogP contribution < -0.4 is 10.2 Å². The van der Waals surface area contributed by atoms with Gasteiger partial charge in [-0.2, -0.15) is 0 Å². The van der Waals surface area contributed by atoms with E-state index in [1.165, 1.54) is 11.0 Å². The molecule has 1 N–H and O–H groups in total. The van der Waals surface area contributed by atoms with Gasteiger partial charge in [-0.3, -0.25) is 14.5 Å². The maximum absolute atomic E-state index is 13.5. The molecule has 0 aliphatic carbocycles. The average Bonchev–Trinajstić information content (AvgIpc) is 2.25. The Labute approximate surface area is 92.0 Å². The van der Waals surface area contributed by atoms with Crippen molar-refractivity contribution in [3.8, 4) is 0 Å². The number of amides is 2. The number of piperazine rings is 1. The minimum Gasteiger partial charge on any atom is -0.345 e. The molecule has 2 amide bonds. The Hall–Kier alpha value is -1.91. The second-order valence-electron chi connectivity index (χ2n) is 3.71. The highest BCUT2D eigenvalue weighted by atomic mass is 19.1. The smallest absolute Gasteiger partial charge is 0.246 e. The zero-order valence-corrected chi connectivity index (χ0v) is 8.79. The molecular formula is C11H11FN2O2. The minimum atomic E-state index is -0.492. The van der Waals surface area contributed by atoms with Crippen molar-refractivity contribution >= 4 is 17.5 Å². The molecule has 0 aromatic heterocycles. The molecule has 0 unspecified atom stereocenters. The van der Waals surface area contributed by atoms with Gasteiger partial charge >= 0.3 is 0 Å². The van der Waals surface area contributed by atoms with E-state index in [0.717, 1.165) is 5.56 Å². The number of nitrogens with zero attached hydrogens (tertiary/aromatic N) is 1. The van der Waals surface area contributed by atoms with E-state index in [-0.39, 0.29) is 30.6 Å². The highest BCUT2D eigenvalue weighted by molar-refractivity contribution is 6.04. The monoisotopic (exact) mass is 222 g/mol. The molecule has 2 rings (SSSR count). The van der Waals surface area contributed by atoms with Gasteiger partial charge in [0.25, 0.3) is 0 Å². The van der Waals surface area contributed by atoms with Crippen LogP contribution in [0.15, 0.2) is 18.2 Å². The summed E-state index contributed by atoms with van der Waals surface area (Å²) in [7, 11) is 0. The number of halogens is 1. The molecule has 1 fully saturated rings. The van der Waals surface area contributed by atoms with Crippen LogP contribution in [0.1, 0.15) is 5.56 Å². The molecule has 0 atom stereocenters. The van der Waals surface area contributed by atoms with Crippen LogP contribution in [0.5, 0.6) is 0 Å². The number of carbonyl (C=O) groups is 2. The molecule has 1 aromatic rings. The Bertz CT molecular complexity index is 459. The minimum absolute atomic E-state index is 0.0772. The Kier molecular flexibility index (Phi) is 2.60. The summed E-state index contributed by atoms with van der Waals surface area (Å²) >= 11 is 0. The summed E-state index contributed by atoms with van der Waals surface area (Å²) in [6.07, 6.45) is 0. The van der Waals surface area contributed by atoms with Crippen LogP contribution in [-0.4, -0.2) is 24.9 Å². The molecule has 5 heteroatoms. The number of hydrogen-bond donors (Lipinski definition) is 1. The number of rotatable bonds is 1. The van der Waals surface area contributed by atoms with Crippen molar-refractivity contribution in [2.45, 2.75) is 6.92 Å². The first-order valence-electron chi connectivity index (χ1n) is 4.91. The molecule has 16 heavy (non-hydrogen) atoms. The Morgan fingerprint density at radius 3 is 2.88 bits per heavy atom. The lowest BCUT2D eigenvalue weighted by Crippen LogP contribution is -2.52. The van der Waals surface area contributed by atoms with Gasteiger partial charge in [0.1, 0.15) is 12.4 Å². The Morgan fingerprint density at radius 1 is 1.38 bits per heavy atom. The largest absolute Gasteiger partial charge is 0.345 e. The molecule has 1 heterocycles. The standard InChI is InChI=1S/C11H11FN2O2/c1-7-2-3-8(12)9(4-7)14-6-10(15)13-5-11(14)16/h2-4H,5-6H2,1H3,(H,13,15). The maximum Gasteiger partial charge on any atom is 0.246 e. The van der Waals surface area contributed by atoms with Crippen molar-refractivity contribution in [1.29, 1.82) is 0 Å². The van der Waals surface area contributed by atoms with Crippen LogP contribution in [-0.2, 0) is 9.59 Å². The molecule has 0 bridgehead atoms. The van der Waals surface area contributed by atoms with Gasteiger partial charge in [-0.05, 0) is 24.6 Å². The van der Waals surface area contributed by atoms with E-state index in [1.807, 2.05) is 0 Å². The number of benzene rings is 1. The van der Waals surface area contributed by atoms with Gasteiger partial charge in [-0.25, -0.2) is 4.39 Å². The van der Waals surface area contributed by atoms with Crippen LogP contribution in [0.4, 0.5) is 10.1 Å². The van der Waals surface area contributed by atoms with Gasteiger partial charge in [0.2, 0.25) is 11.8 Å². The highest BCUT2D eigenvalue weighted by Gasteiger charge is 2.26. The fourth-order valence-corrected chi connectivity index (χ4v) is 1.61. The third-order valence-corrected chi connectivity index (χ3v) is 2.43. The van der Waals surface area contributed by atoms with Gasteiger partial charge in [0.15, 0.2) is 0 Å². The second kappa shape index (κ2) is 3.92. The van der Waals surface area contributed by atoms with Gasteiger partial charge in [-0.1, -0.05) is 6.07 Å². The number of aryl methyl sites for hydroxylation is 1.